The van der Waals surface area contributed by atoms with E-state index in [1.54, 1.807) is 26.0 Å². The highest BCUT2D eigenvalue weighted by Crippen LogP contribution is 2.11. The molecule has 0 aliphatic rings. The second-order valence-corrected chi connectivity index (χ2v) is 7.11. The third kappa shape index (κ3) is 8.18. The Morgan fingerprint density at radius 3 is 2.10 bits per heavy atom. The van der Waals surface area contributed by atoms with E-state index in [1.807, 2.05) is 0 Å². The van der Waals surface area contributed by atoms with Gasteiger partial charge in [-0.15, -0.1) is 0 Å². The SMILES string of the molecule is CC(C)C(NC(=O)C(N)Cc1ccc(O)cc1)C(=O)NC(CCC(N)=O)C(=O)O. The van der Waals surface area contributed by atoms with E-state index in [1.165, 1.54) is 12.1 Å². The molecule has 0 aliphatic carbocycles. The average Bonchev–Trinajstić information content (AvgIpc) is 2.63. The Kier molecular flexibility index (Phi) is 9.07. The number of carboxylic acids is 1. The number of rotatable bonds is 11. The molecule has 3 atom stereocenters. The van der Waals surface area contributed by atoms with E-state index < -0.39 is 41.8 Å². The van der Waals surface area contributed by atoms with Gasteiger partial charge in [0, 0.05) is 6.42 Å². The van der Waals surface area contributed by atoms with Crippen LogP contribution < -0.4 is 22.1 Å². The van der Waals surface area contributed by atoms with Gasteiger partial charge in [0.15, 0.2) is 0 Å². The minimum absolute atomic E-state index is 0.0904. The second-order valence-electron chi connectivity index (χ2n) is 7.11. The number of phenols is 1. The lowest BCUT2D eigenvalue weighted by molar-refractivity contribution is -0.142. The van der Waals surface area contributed by atoms with Crippen LogP contribution in [0.15, 0.2) is 24.3 Å². The lowest BCUT2D eigenvalue weighted by Crippen LogP contribution is -2.56. The molecule has 0 bridgehead atoms. The smallest absolute Gasteiger partial charge is 0.326 e. The molecule has 0 heterocycles. The minimum atomic E-state index is -1.31. The molecule has 1 aromatic carbocycles. The van der Waals surface area contributed by atoms with Gasteiger partial charge in [0.2, 0.25) is 17.7 Å². The molecule has 0 saturated carbocycles. The third-order valence-corrected chi connectivity index (χ3v) is 4.27. The van der Waals surface area contributed by atoms with Gasteiger partial charge < -0.3 is 32.3 Å². The summed E-state index contributed by atoms with van der Waals surface area (Å²) in [4.78, 5) is 47.1. The van der Waals surface area contributed by atoms with Gasteiger partial charge in [-0.25, -0.2) is 4.79 Å². The van der Waals surface area contributed by atoms with Crippen LogP contribution >= 0.6 is 0 Å². The monoisotopic (exact) mass is 408 g/mol. The molecule has 10 heteroatoms. The van der Waals surface area contributed by atoms with Crippen molar-refractivity contribution in [1.29, 1.82) is 0 Å². The molecule has 8 N–H and O–H groups in total. The van der Waals surface area contributed by atoms with Crippen LogP contribution in [0, 0.1) is 5.92 Å². The molecule has 10 nitrogen and oxygen atoms in total. The average molecular weight is 408 g/mol. The van der Waals surface area contributed by atoms with Crippen molar-refractivity contribution in [3.63, 3.8) is 0 Å². The summed E-state index contributed by atoms with van der Waals surface area (Å²) < 4.78 is 0. The zero-order chi connectivity index (χ0) is 22.1. The number of carboxylic acid groups (broad SMARTS) is 1. The number of hydrogen-bond donors (Lipinski definition) is 6. The Hall–Kier alpha value is -3.14. The van der Waals surface area contributed by atoms with E-state index in [9.17, 15) is 29.4 Å². The van der Waals surface area contributed by atoms with Gasteiger partial charge in [-0.05, 0) is 36.5 Å². The summed E-state index contributed by atoms with van der Waals surface area (Å²) in [5.74, 6) is -3.51. The van der Waals surface area contributed by atoms with Gasteiger partial charge in [0.25, 0.3) is 0 Å². The standard InChI is InChI=1S/C19H28N4O6/c1-10(2)16(18(27)22-14(19(28)29)7-8-15(21)25)23-17(26)13(20)9-11-3-5-12(24)6-4-11/h3-6,10,13-14,16,24H,7-9,20H2,1-2H3,(H2,21,25)(H,22,27)(H,23,26)(H,28,29). The predicted octanol–water partition coefficient (Wildman–Crippen LogP) is -0.762. The van der Waals surface area contributed by atoms with Crippen molar-refractivity contribution in [3.05, 3.63) is 29.8 Å². The highest BCUT2D eigenvalue weighted by Gasteiger charge is 2.30. The first-order valence-electron chi connectivity index (χ1n) is 9.16. The van der Waals surface area contributed by atoms with Crippen molar-refractivity contribution < 1.29 is 29.4 Å². The molecule has 29 heavy (non-hydrogen) atoms. The molecule has 160 valence electrons. The molecule has 0 radical (unpaired) electrons. The quantitative estimate of drug-likeness (QED) is 0.278. The fourth-order valence-corrected chi connectivity index (χ4v) is 2.58. The first-order valence-corrected chi connectivity index (χ1v) is 9.16. The van der Waals surface area contributed by atoms with Crippen molar-refractivity contribution in [3.8, 4) is 5.75 Å². The van der Waals surface area contributed by atoms with Crippen LogP contribution in [0.25, 0.3) is 0 Å². The maximum absolute atomic E-state index is 12.5. The number of benzene rings is 1. The topological polar surface area (TPSA) is 185 Å². The number of nitrogens with one attached hydrogen (secondary N) is 2. The number of aliphatic carboxylic acids is 1. The maximum atomic E-state index is 12.5. The number of phenolic OH excluding ortho intramolecular Hbond substituents is 1. The number of amides is 3. The lowest BCUT2D eigenvalue weighted by atomic mass is 10.0. The number of carbonyl (C=O) groups excluding carboxylic acids is 3. The zero-order valence-corrected chi connectivity index (χ0v) is 16.4. The van der Waals surface area contributed by atoms with E-state index in [2.05, 4.69) is 10.6 Å². The summed E-state index contributed by atoms with van der Waals surface area (Å²) in [6, 6.07) is 2.95. The predicted molar refractivity (Wildman–Crippen MR) is 105 cm³/mol. The van der Waals surface area contributed by atoms with Crippen LogP contribution in [0.4, 0.5) is 0 Å². The van der Waals surface area contributed by atoms with Crippen molar-refractivity contribution in [1.82, 2.24) is 10.6 Å². The van der Waals surface area contributed by atoms with Gasteiger partial charge in [0.05, 0.1) is 6.04 Å². The molecule has 0 fully saturated rings. The van der Waals surface area contributed by atoms with Gasteiger partial charge in [-0.1, -0.05) is 26.0 Å². The fourth-order valence-electron chi connectivity index (χ4n) is 2.58. The Labute approximate surface area is 168 Å². The van der Waals surface area contributed by atoms with Crippen LogP contribution in [0.2, 0.25) is 0 Å². The molecule has 1 aromatic rings. The van der Waals surface area contributed by atoms with E-state index in [0.717, 1.165) is 5.56 Å². The summed E-state index contributed by atoms with van der Waals surface area (Å²) in [6.45, 7) is 3.38. The zero-order valence-electron chi connectivity index (χ0n) is 16.4. The highest BCUT2D eigenvalue weighted by molar-refractivity contribution is 5.92. The molecule has 0 saturated heterocycles. The van der Waals surface area contributed by atoms with E-state index >= 15 is 0 Å². The van der Waals surface area contributed by atoms with E-state index in [4.69, 9.17) is 11.5 Å². The molecular formula is C19H28N4O6. The normalized spacial score (nSPS) is 13.9. The Bertz CT molecular complexity index is 735. The second kappa shape index (κ2) is 11.0. The highest BCUT2D eigenvalue weighted by atomic mass is 16.4. The summed E-state index contributed by atoms with van der Waals surface area (Å²) in [5, 5.41) is 23.4. The summed E-state index contributed by atoms with van der Waals surface area (Å²) in [6.07, 6.45) is -0.169. The van der Waals surface area contributed by atoms with Gasteiger partial charge >= 0.3 is 5.97 Å². The first-order chi connectivity index (χ1) is 13.5. The first kappa shape index (κ1) is 23.9. The molecule has 3 amide bonds. The van der Waals surface area contributed by atoms with Crippen LogP contribution in [0.5, 0.6) is 5.75 Å². The van der Waals surface area contributed by atoms with Crippen LogP contribution in [0.3, 0.4) is 0 Å². The molecule has 0 spiro atoms. The Morgan fingerprint density at radius 1 is 1.03 bits per heavy atom. The van der Waals surface area contributed by atoms with Gasteiger partial charge in [-0.3, -0.25) is 14.4 Å². The van der Waals surface area contributed by atoms with Crippen molar-refractivity contribution in [2.24, 2.45) is 17.4 Å². The number of hydrogen-bond acceptors (Lipinski definition) is 6. The lowest BCUT2D eigenvalue weighted by Gasteiger charge is -2.25. The summed E-state index contributed by atoms with van der Waals surface area (Å²) in [5.41, 5.74) is 11.7. The van der Waals surface area contributed by atoms with E-state index in [-0.39, 0.29) is 30.9 Å². The number of carbonyl (C=O) groups is 4. The van der Waals surface area contributed by atoms with Crippen molar-refractivity contribution >= 4 is 23.7 Å². The van der Waals surface area contributed by atoms with Crippen molar-refractivity contribution in [2.75, 3.05) is 0 Å². The number of aromatic hydroxyl groups is 1. The Morgan fingerprint density at radius 2 is 1.62 bits per heavy atom. The Balaban J connectivity index is 2.75. The van der Waals surface area contributed by atoms with E-state index in [0.29, 0.717) is 0 Å². The maximum Gasteiger partial charge on any atom is 0.326 e. The number of nitrogens with two attached hydrogens (primary N) is 2. The molecule has 3 unspecified atom stereocenters. The molecule has 1 rings (SSSR count). The number of primary amides is 1. The largest absolute Gasteiger partial charge is 0.508 e. The summed E-state index contributed by atoms with van der Waals surface area (Å²) >= 11 is 0. The summed E-state index contributed by atoms with van der Waals surface area (Å²) in [7, 11) is 0. The van der Waals surface area contributed by atoms with Crippen LogP contribution in [-0.2, 0) is 25.6 Å². The van der Waals surface area contributed by atoms with Crippen molar-refractivity contribution in [2.45, 2.75) is 51.2 Å². The van der Waals surface area contributed by atoms with Gasteiger partial charge in [0.1, 0.15) is 17.8 Å². The fraction of sp³-hybridized carbons (Fsp3) is 0.474. The van der Waals surface area contributed by atoms with Crippen LogP contribution in [-0.4, -0.2) is 52.0 Å². The van der Waals surface area contributed by atoms with Gasteiger partial charge in [-0.2, -0.15) is 0 Å². The minimum Gasteiger partial charge on any atom is -0.508 e. The molecule has 0 aromatic heterocycles. The van der Waals surface area contributed by atoms with Crippen LogP contribution in [0.1, 0.15) is 32.3 Å². The third-order valence-electron chi connectivity index (χ3n) is 4.27. The molecular weight excluding hydrogens is 380 g/mol. The molecule has 0 aliphatic heterocycles.